The number of anilines is 2. The number of benzene rings is 2. The molecule has 0 bridgehead atoms. The van der Waals surface area contributed by atoms with Crippen LogP contribution in [0.25, 0.3) is 10.9 Å². The van der Waals surface area contributed by atoms with Gasteiger partial charge in [0.2, 0.25) is 0 Å². The molecule has 0 unspecified atom stereocenters. The number of nitrogens with two attached hydrogens (primary N) is 1. The lowest BCUT2D eigenvalue weighted by molar-refractivity contribution is 0.0214. The van der Waals surface area contributed by atoms with E-state index in [9.17, 15) is 18.0 Å². The molecule has 0 radical (unpaired) electrons. The highest BCUT2D eigenvalue weighted by atomic mass is 79.9. The van der Waals surface area contributed by atoms with Crippen LogP contribution in [0.5, 0.6) is 5.75 Å². The summed E-state index contributed by atoms with van der Waals surface area (Å²) in [6.45, 7) is 5.96. The molecule has 7 nitrogen and oxygen atoms in total. The van der Waals surface area contributed by atoms with Crippen LogP contribution in [-0.4, -0.2) is 47.4 Å². The van der Waals surface area contributed by atoms with Gasteiger partial charge >= 0.3 is 6.09 Å². The van der Waals surface area contributed by atoms with Crippen LogP contribution in [0.3, 0.4) is 0 Å². The number of amides is 1. The lowest BCUT2D eigenvalue weighted by atomic mass is 10.0. The Labute approximate surface area is 234 Å². The first-order valence-corrected chi connectivity index (χ1v) is 13.6. The first-order chi connectivity index (χ1) is 18.4. The minimum Gasteiger partial charge on any atom is -0.493 e. The van der Waals surface area contributed by atoms with Crippen molar-refractivity contribution in [3.63, 3.8) is 0 Å². The molecule has 2 heterocycles. The molecule has 0 saturated carbocycles. The van der Waals surface area contributed by atoms with Gasteiger partial charge in [0.1, 0.15) is 29.2 Å². The van der Waals surface area contributed by atoms with Crippen molar-refractivity contribution >= 4 is 44.3 Å². The number of halogens is 4. The summed E-state index contributed by atoms with van der Waals surface area (Å²) in [6.07, 6.45) is 0.983. The fourth-order valence-electron chi connectivity index (χ4n) is 4.54. The molecule has 0 aliphatic carbocycles. The van der Waals surface area contributed by atoms with E-state index in [0.717, 1.165) is 0 Å². The molecule has 3 N–H and O–H groups in total. The molecule has 1 aromatic heterocycles. The topological polar surface area (TPSA) is 89.7 Å². The zero-order chi connectivity index (χ0) is 28.3. The van der Waals surface area contributed by atoms with Crippen LogP contribution < -0.4 is 15.8 Å². The van der Waals surface area contributed by atoms with Gasteiger partial charge in [0, 0.05) is 30.0 Å². The summed E-state index contributed by atoms with van der Waals surface area (Å²) in [5.74, 6) is -0.508. The van der Waals surface area contributed by atoms with E-state index in [2.05, 4.69) is 26.2 Å². The molecule has 1 saturated heterocycles. The first kappa shape index (κ1) is 28.8. The molecular formula is C28H32BrF3N4O3. The van der Waals surface area contributed by atoms with Crippen LogP contribution in [0, 0.1) is 11.6 Å². The average molecular weight is 609 g/mol. The SMILES string of the molecule is CC(C)(C)OC(=O)N1C[C@@H](F)C[C@@H]1c1cc(F)ccc1OCCCCNc1c(N)cnc2cc(F)c(Br)cc12. The summed E-state index contributed by atoms with van der Waals surface area (Å²) in [5.41, 5.74) is 7.38. The molecule has 39 heavy (non-hydrogen) atoms. The van der Waals surface area contributed by atoms with E-state index in [1.165, 1.54) is 35.4 Å². The molecule has 2 atom stereocenters. The maximum Gasteiger partial charge on any atom is 0.410 e. The lowest BCUT2D eigenvalue weighted by Crippen LogP contribution is -2.37. The second-order valence-corrected chi connectivity index (χ2v) is 11.4. The summed E-state index contributed by atoms with van der Waals surface area (Å²) in [7, 11) is 0. The number of hydrogen-bond donors (Lipinski definition) is 2. The minimum atomic E-state index is -1.25. The Morgan fingerprint density at radius 1 is 1.23 bits per heavy atom. The number of unbranched alkanes of at least 4 members (excludes halogenated alkanes) is 1. The molecule has 1 amide bonds. The third-order valence-electron chi connectivity index (χ3n) is 6.28. The fourth-order valence-corrected chi connectivity index (χ4v) is 4.88. The number of likely N-dealkylation sites (tertiary alicyclic amines) is 1. The number of nitrogens with zero attached hydrogens (tertiary/aromatic N) is 2. The van der Waals surface area contributed by atoms with Gasteiger partial charge in [0.05, 0.1) is 46.8 Å². The van der Waals surface area contributed by atoms with Crippen molar-refractivity contribution in [2.24, 2.45) is 0 Å². The number of pyridine rings is 1. The van der Waals surface area contributed by atoms with Gasteiger partial charge in [-0.15, -0.1) is 0 Å². The molecular weight excluding hydrogens is 577 g/mol. The van der Waals surface area contributed by atoms with Crippen LogP contribution in [0.15, 0.2) is 41.0 Å². The van der Waals surface area contributed by atoms with Crippen LogP contribution in [0.4, 0.5) is 29.3 Å². The third-order valence-corrected chi connectivity index (χ3v) is 6.89. The van der Waals surface area contributed by atoms with Crippen molar-refractivity contribution in [2.75, 3.05) is 30.7 Å². The highest BCUT2D eigenvalue weighted by Crippen LogP contribution is 2.39. The predicted molar refractivity (Wildman–Crippen MR) is 149 cm³/mol. The van der Waals surface area contributed by atoms with Crippen molar-refractivity contribution in [3.05, 3.63) is 58.2 Å². The molecule has 210 valence electrons. The van der Waals surface area contributed by atoms with E-state index in [1.54, 1.807) is 26.8 Å². The van der Waals surface area contributed by atoms with E-state index in [4.69, 9.17) is 15.2 Å². The zero-order valence-electron chi connectivity index (χ0n) is 22.1. The Morgan fingerprint density at radius 3 is 2.74 bits per heavy atom. The van der Waals surface area contributed by atoms with Gasteiger partial charge in [0.25, 0.3) is 0 Å². The Kier molecular flexibility index (Phi) is 8.78. The third kappa shape index (κ3) is 7.06. The number of rotatable bonds is 8. The van der Waals surface area contributed by atoms with Crippen molar-refractivity contribution < 1.29 is 27.4 Å². The van der Waals surface area contributed by atoms with Crippen molar-refractivity contribution in [2.45, 2.75) is 57.8 Å². The quantitative estimate of drug-likeness (QED) is 0.264. The Hall–Kier alpha value is -3.21. The molecule has 11 heteroatoms. The fraction of sp³-hybridized carbons (Fsp3) is 0.429. The number of nitrogens with one attached hydrogen (secondary N) is 1. The van der Waals surface area contributed by atoms with Gasteiger partial charge in [0.15, 0.2) is 0 Å². The van der Waals surface area contributed by atoms with E-state index in [0.29, 0.717) is 64.1 Å². The Balaban J connectivity index is 1.37. The Morgan fingerprint density at radius 2 is 2.00 bits per heavy atom. The monoisotopic (exact) mass is 608 g/mol. The van der Waals surface area contributed by atoms with Gasteiger partial charge < -0.3 is 20.5 Å². The van der Waals surface area contributed by atoms with E-state index in [-0.39, 0.29) is 13.0 Å². The standard InChI is InChI=1S/C28H32BrF3N4O3/c1-28(2,3)39-27(37)36-15-17(31)11-24(36)19-10-16(30)6-7-25(19)38-9-5-4-8-34-26-18-12-20(29)21(32)13-23(18)35-14-22(26)33/h6-7,10,12-14,17,24H,4-5,8-9,11,15,33H2,1-3H3,(H,34,35)/t17-,24+/m0/s1. The van der Waals surface area contributed by atoms with Gasteiger partial charge in [-0.1, -0.05) is 0 Å². The zero-order valence-corrected chi connectivity index (χ0v) is 23.7. The molecule has 3 aromatic rings. The summed E-state index contributed by atoms with van der Waals surface area (Å²) < 4.78 is 54.2. The maximum absolute atomic E-state index is 14.4. The summed E-state index contributed by atoms with van der Waals surface area (Å²) in [5, 5.41) is 4.00. The largest absolute Gasteiger partial charge is 0.493 e. The smallest absolute Gasteiger partial charge is 0.410 e. The number of nitrogen functional groups attached to an aromatic ring is 1. The Bertz CT molecular complexity index is 1350. The summed E-state index contributed by atoms with van der Waals surface area (Å²) in [4.78, 5) is 18.2. The highest BCUT2D eigenvalue weighted by Gasteiger charge is 2.40. The second kappa shape index (κ2) is 11.9. The number of carbonyl (C=O) groups is 1. The molecule has 1 aliphatic rings. The van der Waals surface area contributed by atoms with Crippen LogP contribution in [-0.2, 0) is 4.74 Å². The normalized spacial score (nSPS) is 17.5. The van der Waals surface area contributed by atoms with Gasteiger partial charge in [-0.3, -0.25) is 9.88 Å². The van der Waals surface area contributed by atoms with E-state index < -0.39 is 35.5 Å². The molecule has 2 aromatic carbocycles. The average Bonchev–Trinajstić information content (AvgIpc) is 3.25. The van der Waals surface area contributed by atoms with Gasteiger partial charge in [-0.2, -0.15) is 0 Å². The van der Waals surface area contributed by atoms with Crippen molar-refractivity contribution in [1.82, 2.24) is 9.88 Å². The number of fused-ring (bicyclic) bond motifs is 1. The number of alkyl halides is 1. The van der Waals surface area contributed by atoms with Crippen molar-refractivity contribution in [3.8, 4) is 5.75 Å². The summed E-state index contributed by atoms with van der Waals surface area (Å²) >= 11 is 3.20. The molecule has 4 rings (SSSR count). The van der Waals surface area contributed by atoms with Gasteiger partial charge in [-0.25, -0.2) is 18.0 Å². The van der Waals surface area contributed by atoms with E-state index >= 15 is 0 Å². The molecule has 1 aliphatic heterocycles. The second-order valence-electron chi connectivity index (χ2n) is 10.5. The number of aromatic nitrogens is 1. The van der Waals surface area contributed by atoms with Crippen LogP contribution in [0.1, 0.15) is 51.6 Å². The highest BCUT2D eigenvalue weighted by molar-refractivity contribution is 9.10. The van der Waals surface area contributed by atoms with Crippen LogP contribution >= 0.6 is 15.9 Å². The summed E-state index contributed by atoms with van der Waals surface area (Å²) in [6, 6.07) is 6.35. The van der Waals surface area contributed by atoms with Gasteiger partial charge in [-0.05, 0) is 73.8 Å². The molecule has 0 spiro atoms. The molecule has 1 fully saturated rings. The van der Waals surface area contributed by atoms with E-state index in [1.807, 2.05) is 0 Å². The first-order valence-electron chi connectivity index (χ1n) is 12.8. The van der Waals surface area contributed by atoms with Crippen molar-refractivity contribution in [1.29, 1.82) is 0 Å². The number of ether oxygens (including phenoxy) is 2. The number of carbonyl (C=O) groups excluding carboxylic acids is 1. The predicted octanol–water partition coefficient (Wildman–Crippen LogP) is 7.15. The maximum atomic E-state index is 14.4. The minimum absolute atomic E-state index is 0.0320. The lowest BCUT2D eigenvalue weighted by Gasteiger charge is -2.29. The van der Waals surface area contributed by atoms with Crippen LogP contribution in [0.2, 0.25) is 0 Å². The number of hydrogen-bond acceptors (Lipinski definition) is 6.